The summed E-state index contributed by atoms with van der Waals surface area (Å²) in [6, 6.07) is 20.5. The average Bonchev–Trinajstić information content (AvgIpc) is 3.08. The Morgan fingerprint density at radius 3 is 2.24 bits per heavy atom. The van der Waals surface area contributed by atoms with Crippen molar-refractivity contribution in [1.29, 1.82) is 0 Å². The number of hydrogen-bond donors (Lipinski definition) is 1. The van der Waals surface area contributed by atoms with Crippen molar-refractivity contribution in [3.63, 3.8) is 0 Å². The van der Waals surface area contributed by atoms with Crippen molar-refractivity contribution < 1.29 is 4.74 Å². The summed E-state index contributed by atoms with van der Waals surface area (Å²) in [5, 5.41) is 4.12. The van der Waals surface area contributed by atoms with E-state index in [1.807, 2.05) is 35.7 Å². The summed E-state index contributed by atoms with van der Waals surface area (Å²) < 4.78 is 5.98. The number of thiophene rings is 1. The Hall–Kier alpha value is -2.10. The van der Waals surface area contributed by atoms with Gasteiger partial charge in [-0.25, -0.2) is 0 Å². The van der Waals surface area contributed by atoms with Crippen LogP contribution in [0.25, 0.3) is 11.1 Å². The number of hydrogen-bond acceptors (Lipinski definition) is 3. The molecule has 0 amide bonds. The van der Waals surface area contributed by atoms with E-state index in [0.29, 0.717) is 6.54 Å². The van der Waals surface area contributed by atoms with Crippen molar-refractivity contribution in [3.8, 4) is 16.9 Å². The molecule has 0 fully saturated rings. The van der Waals surface area contributed by atoms with Gasteiger partial charge in [-0.15, -0.1) is 0 Å². The molecule has 2 N–H and O–H groups in total. The topological polar surface area (TPSA) is 35.2 Å². The van der Waals surface area contributed by atoms with Crippen LogP contribution in [-0.4, -0.2) is 6.54 Å². The molecule has 3 heteroatoms. The van der Waals surface area contributed by atoms with Gasteiger partial charge < -0.3 is 10.5 Å². The van der Waals surface area contributed by atoms with Crippen LogP contribution in [0.15, 0.2) is 71.4 Å². The van der Waals surface area contributed by atoms with Crippen LogP contribution in [0.3, 0.4) is 0 Å². The third kappa shape index (κ3) is 3.32. The van der Waals surface area contributed by atoms with E-state index in [0.717, 1.165) is 11.3 Å². The van der Waals surface area contributed by atoms with E-state index in [4.69, 9.17) is 10.5 Å². The predicted octanol–water partition coefficient (Wildman–Crippen LogP) is 4.49. The minimum atomic E-state index is -0.0844. The largest absolute Gasteiger partial charge is 0.484 e. The highest BCUT2D eigenvalue weighted by molar-refractivity contribution is 7.07. The zero-order valence-electron chi connectivity index (χ0n) is 11.6. The minimum absolute atomic E-state index is 0.0844. The Morgan fingerprint density at radius 2 is 1.62 bits per heavy atom. The Balaban J connectivity index is 1.75. The predicted molar refractivity (Wildman–Crippen MR) is 88.6 cm³/mol. The molecule has 1 aromatic heterocycles. The molecule has 0 bridgehead atoms. The van der Waals surface area contributed by atoms with Crippen molar-refractivity contribution in [1.82, 2.24) is 0 Å². The maximum atomic E-state index is 5.98. The molecule has 2 aromatic carbocycles. The van der Waals surface area contributed by atoms with E-state index in [2.05, 4.69) is 35.7 Å². The number of rotatable bonds is 5. The molecule has 0 radical (unpaired) electrons. The van der Waals surface area contributed by atoms with Gasteiger partial charge in [-0.1, -0.05) is 42.5 Å². The maximum Gasteiger partial charge on any atom is 0.137 e. The van der Waals surface area contributed by atoms with Crippen LogP contribution in [0, 0.1) is 0 Å². The standard InChI is InChI=1S/C18H17NOS/c19-12-18(16-10-11-21-13-16)20-17-8-6-15(7-9-17)14-4-2-1-3-5-14/h1-11,13,18H,12,19H2. The van der Waals surface area contributed by atoms with Crippen molar-refractivity contribution in [2.24, 2.45) is 5.73 Å². The van der Waals surface area contributed by atoms with Crippen molar-refractivity contribution in [2.75, 3.05) is 6.54 Å². The summed E-state index contributed by atoms with van der Waals surface area (Å²) in [6.07, 6.45) is -0.0844. The fourth-order valence-corrected chi connectivity index (χ4v) is 2.93. The highest BCUT2D eigenvalue weighted by atomic mass is 32.1. The molecule has 3 aromatic rings. The lowest BCUT2D eigenvalue weighted by molar-refractivity contribution is 0.215. The lowest BCUT2D eigenvalue weighted by Crippen LogP contribution is -2.17. The normalized spacial score (nSPS) is 12.0. The van der Waals surface area contributed by atoms with Gasteiger partial charge in [-0.3, -0.25) is 0 Å². The number of nitrogens with two attached hydrogens (primary N) is 1. The molecule has 0 saturated carbocycles. The monoisotopic (exact) mass is 295 g/mol. The van der Waals surface area contributed by atoms with Crippen LogP contribution in [-0.2, 0) is 0 Å². The second-order valence-electron chi connectivity index (χ2n) is 4.79. The number of ether oxygens (including phenoxy) is 1. The van der Waals surface area contributed by atoms with Gasteiger partial charge >= 0.3 is 0 Å². The molecule has 0 aliphatic heterocycles. The summed E-state index contributed by atoms with van der Waals surface area (Å²) in [5.74, 6) is 0.844. The SMILES string of the molecule is NCC(Oc1ccc(-c2ccccc2)cc1)c1ccsc1. The summed E-state index contributed by atoms with van der Waals surface area (Å²) in [7, 11) is 0. The smallest absolute Gasteiger partial charge is 0.137 e. The molecule has 1 unspecified atom stereocenters. The fourth-order valence-electron chi connectivity index (χ4n) is 2.23. The van der Waals surface area contributed by atoms with Gasteiger partial charge in [0.05, 0.1) is 0 Å². The average molecular weight is 295 g/mol. The van der Waals surface area contributed by atoms with E-state index in [-0.39, 0.29) is 6.10 Å². The molecular weight excluding hydrogens is 278 g/mol. The van der Waals surface area contributed by atoms with Gasteiger partial charge in [0.15, 0.2) is 0 Å². The van der Waals surface area contributed by atoms with E-state index < -0.39 is 0 Å². The Bertz CT molecular complexity index is 662. The lowest BCUT2D eigenvalue weighted by atomic mass is 10.1. The van der Waals surface area contributed by atoms with Crippen LogP contribution >= 0.6 is 11.3 Å². The molecule has 0 saturated heterocycles. The van der Waals surface area contributed by atoms with Gasteiger partial charge in [0.25, 0.3) is 0 Å². The molecular formula is C18H17NOS. The molecule has 3 rings (SSSR count). The number of benzene rings is 2. The third-order valence-corrected chi connectivity index (χ3v) is 4.07. The summed E-state index contributed by atoms with van der Waals surface area (Å²) in [4.78, 5) is 0. The van der Waals surface area contributed by atoms with Crippen molar-refractivity contribution in [3.05, 3.63) is 77.0 Å². The van der Waals surface area contributed by atoms with Crippen molar-refractivity contribution >= 4 is 11.3 Å². The zero-order chi connectivity index (χ0) is 14.5. The first-order valence-corrected chi connectivity index (χ1v) is 7.85. The van der Waals surface area contributed by atoms with Crippen LogP contribution in [0.4, 0.5) is 0 Å². The highest BCUT2D eigenvalue weighted by Gasteiger charge is 2.11. The summed E-state index contributed by atoms with van der Waals surface area (Å²) in [6.45, 7) is 0.469. The van der Waals surface area contributed by atoms with Gasteiger partial charge in [-0.2, -0.15) is 11.3 Å². The van der Waals surface area contributed by atoms with Gasteiger partial charge in [0, 0.05) is 12.1 Å². The quantitative estimate of drug-likeness (QED) is 0.752. The van der Waals surface area contributed by atoms with Crippen LogP contribution in [0.2, 0.25) is 0 Å². The first-order valence-electron chi connectivity index (χ1n) is 6.91. The summed E-state index contributed by atoms with van der Waals surface area (Å²) in [5.41, 5.74) is 9.34. The van der Waals surface area contributed by atoms with Gasteiger partial charge in [0.1, 0.15) is 11.9 Å². The van der Waals surface area contributed by atoms with E-state index >= 15 is 0 Å². The first-order chi connectivity index (χ1) is 10.4. The highest BCUT2D eigenvalue weighted by Crippen LogP contribution is 2.26. The minimum Gasteiger partial charge on any atom is -0.484 e. The molecule has 1 atom stereocenters. The van der Waals surface area contributed by atoms with Crippen molar-refractivity contribution in [2.45, 2.75) is 6.10 Å². The molecule has 21 heavy (non-hydrogen) atoms. The van der Waals surface area contributed by atoms with Crippen LogP contribution in [0.1, 0.15) is 11.7 Å². The second-order valence-corrected chi connectivity index (χ2v) is 5.57. The van der Waals surface area contributed by atoms with E-state index in [1.165, 1.54) is 11.1 Å². The Morgan fingerprint density at radius 1 is 0.905 bits per heavy atom. The lowest BCUT2D eigenvalue weighted by Gasteiger charge is -2.16. The summed E-state index contributed by atoms with van der Waals surface area (Å²) >= 11 is 1.66. The third-order valence-electron chi connectivity index (χ3n) is 3.37. The maximum absolute atomic E-state index is 5.98. The molecule has 1 heterocycles. The van der Waals surface area contributed by atoms with Gasteiger partial charge in [0.2, 0.25) is 0 Å². The second kappa shape index (κ2) is 6.57. The Kier molecular flexibility index (Phi) is 4.34. The van der Waals surface area contributed by atoms with Crippen LogP contribution < -0.4 is 10.5 Å². The van der Waals surface area contributed by atoms with E-state index in [1.54, 1.807) is 11.3 Å². The molecule has 0 aliphatic rings. The molecule has 0 spiro atoms. The molecule has 2 nitrogen and oxygen atoms in total. The Labute approximate surface area is 128 Å². The fraction of sp³-hybridized carbons (Fsp3) is 0.111. The van der Waals surface area contributed by atoms with Crippen LogP contribution in [0.5, 0.6) is 5.75 Å². The van der Waals surface area contributed by atoms with Gasteiger partial charge in [-0.05, 0) is 40.1 Å². The first kappa shape index (κ1) is 13.9. The molecule has 0 aliphatic carbocycles. The molecule has 106 valence electrons. The van der Waals surface area contributed by atoms with E-state index in [9.17, 15) is 0 Å². The zero-order valence-corrected chi connectivity index (χ0v) is 12.4.